The van der Waals surface area contributed by atoms with Crippen molar-refractivity contribution < 1.29 is 26.3 Å². The van der Waals surface area contributed by atoms with Gasteiger partial charge in [0, 0.05) is 4.88 Å². The summed E-state index contributed by atoms with van der Waals surface area (Å²) in [6, 6.07) is 0.507. The summed E-state index contributed by atoms with van der Waals surface area (Å²) in [7, 11) is 0. The van der Waals surface area contributed by atoms with Gasteiger partial charge in [-0.15, -0.1) is 11.3 Å². The van der Waals surface area contributed by atoms with E-state index in [1.165, 1.54) is 6.92 Å². The normalized spacial score (nSPS) is 13.4. The van der Waals surface area contributed by atoms with Gasteiger partial charge in [-0.3, -0.25) is 0 Å². The smallest absolute Gasteiger partial charge is 0.166 e. The van der Waals surface area contributed by atoms with Gasteiger partial charge in [-0.1, -0.05) is 0 Å². The average Bonchev–Trinajstić information content (AvgIpc) is 2.27. The standard InChI is InChI=1S/C7H4F6S/c1-3-2-4(6(8,9)10)5(14-3)7(11,12)13/h2H,1H3. The van der Waals surface area contributed by atoms with Crippen molar-refractivity contribution in [2.24, 2.45) is 0 Å². The van der Waals surface area contributed by atoms with Crippen LogP contribution < -0.4 is 0 Å². The summed E-state index contributed by atoms with van der Waals surface area (Å²) in [5.74, 6) is 0. The molecule has 0 nitrogen and oxygen atoms in total. The Morgan fingerprint density at radius 1 is 1.00 bits per heavy atom. The van der Waals surface area contributed by atoms with Crippen molar-refractivity contribution in [3.8, 4) is 0 Å². The first-order chi connectivity index (χ1) is 6.12. The number of rotatable bonds is 0. The predicted molar refractivity (Wildman–Crippen MR) is 39.1 cm³/mol. The molecule has 0 radical (unpaired) electrons. The molecule has 0 fully saturated rings. The van der Waals surface area contributed by atoms with Crippen LogP contribution in [0.3, 0.4) is 0 Å². The van der Waals surface area contributed by atoms with Crippen LogP contribution in [0.25, 0.3) is 0 Å². The van der Waals surface area contributed by atoms with Crippen molar-refractivity contribution in [3.63, 3.8) is 0 Å². The van der Waals surface area contributed by atoms with Gasteiger partial charge in [-0.25, -0.2) is 0 Å². The van der Waals surface area contributed by atoms with Crippen LogP contribution in [0, 0.1) is 6.92 Å². The molecular weight excluding hydrogens is 230 g/mol. The molecule has 0 aliphatic carbocycles. The minimum atomic E-state index is -4.95. The Balaban J connectivity index is 3.31. The van der Waals surface area contributed by atoms with Crippen molar-refractivity contribution in [2.45, 2.75) is 19.3 Å². The van der Waals surface area contributed by atoms with Crippen molar-refractivity contribution in [1.82, 2.24) is 0 Å². The van der Waals surface area contributed by atoms with E-state index in [-0.39, 0.29) is 16.2 Å². The number of aryl methyl sites for hydroxylation is 1. The Hall–Kier alpha value is -0.720. The van der Waals surface area contributed by atoms with Crippen LogP contribution in [0.15, 0.2) is 6.07 Å². The van der Waals surface area contributed by atoms with E-state index in [9.17, 15) is 26.3 Å². The van der Waals surface area contributed by atoms with E-state index in [0.717, 1.165) is 0 Å². The quantitative estimate of drug-likeness (QED) is 0.593. The predicted octanol–water partition coefficient (Wildman–Crippen LogP) is 4.09. The molecular formula is C7H4F6S. The summed E-state index contributed by atoms with van der Waals surface area (Å²) in [5.41, 5.74) is -1.60. The molecule has 0 saturated heterocycles. The van der Waals surface area contributed by atoms with Gasteiger partial charge in [0.2, 0.25) is 0 Å². The second-order valence-corrected chi connectivity index (χ2v) is 3.85. The summed E-state index contributed by atoms with van der Waals surface area (Å²) in [6.07, 6.45) is -9.89. The van der Waals surface area contributed by atoms with E-state index < -0.39 is 22.8 Å². The lowest BCUT2D eigenvalue weighted by Crippen LogP contribution is -2.12. The van der Waals surface area contributed by atoms with Gasteiger partial charge in [0.1, 0.15) is 4.88 Å². The maximum atomic E-state index is 12.1. The largest absolute Gasteiger partial charge is 0.426 e. The van der Waals surface area contributed by atoms with E-state index in [4.69, 9.17) is 0 Å². The minimum absolute atomic E-state index is 0.00958. The Labute approximate surface area is 79.2 Å². The number of hydrogen-bond donors (Lipinski definition) is 0. The summed E-state index contributed by atoms with van der Waals surface area (Å²) in [5, 5.41) is 0. The van der Waals surface area contributed by atoms with Gasteiger partial charge in [0.15, 0.2) is 0 Å². The average molecular weight is 234 g/mol. The summed E-state index contributed by atoms with van der Waals surface area (Å²) >= 11 is 0.103. The molecule has 80 valence electrons. The number of alkyl halides is 6. The van der Waals surface area contributed by atoms with Crippen molar-refractivity contribution in [1.29, 1.82) is 0 Å². The second kappa shape index (κ2) is 3.15. The van der Waals surface area contributed by atoms with E-state index in [1.807, 2.05) is 0 Å². The van der Waals surface area contributed by atoms with E-state index in [1.54, 1.807) is 0 Å². The molecule has 0 N–H and O–H groups in total. The van der Waals surface area contributed by atoms with Crippen LogP contribution in [0.5, 0.6) is 0 Å². The van der Waals surface area contributed by atoms with Crippen molar-refractivity contribution in [2.75, 3.05) is 0 Å². The Bertz CT molecular complexity index is 299. The third kappa shape index (κ3) is 2.20. The topological polar surface area (TPSA) is 0 Å². The van der Waals surface area contributed by atoms with E-state index in [2.05, 4.69) is 0 Å². The maximum Gasteiger partial charge on any atom is 0.426 e. The van der Waals surface area contributed by atoms with Gasteiger partial charge in [-0.05, 0) is 13.0 Å². The Kier molecular flexibility index (Phi) is 2.55. The van der Waals surface area contributed by atoms with Gasteiger partial charge >= 0.3 is 12.4 Å². The first kappa shape index (κ1) is 11.4. The second-order valence-electron chi connectivity index (χ2n) is 2.60. The summed E-state index contributed by atoms with van der Waals surface area (Å²) in [6.45, 7) is 1.20. The monoisotopic (exact) mass is 234 g/mol. The molecule has 7 heteroatoms. The van der Waals surface area contributed by atoms with Crippen LogP contribution in [0.1, 0.15) is 15.3 Å². The molecule has 0 aliphatic heterocycles. The number of hydrogen-bond acceptors (Lipinski definition) is 1. The van der Waals surface area contributed by atoms with Gasteiger partial charge in [0.05, 0.1) is 5.56 Å². The summed E-state index contributed by atoms with van der Waals surface area (Å²) < 4.78 is 72.6. The van der Waals surface area contributed by atoms with Crippen molar-refractivity contribution in [3.05, 3.63) is 21.4 Å². The lowest BCUT2D eigenvalue weighted by molar-refractivity contribution is -0.159. The molecule has 14 heavy (non-hydrogen) atoms. The molecule has 1 heterocycles. The first-order valence-corrected chi connectivity index (χ1v) is 4.19. The highest BCUT2D eigenvalue weighted by Gasteiger charge is 2.44. The fourth-order valence-corrected chi connectivity index (χ4v) is 1.83. The van der Waals surface area contributed by atoms with Crippen LogP contribution >= 0.6 is 11.3 Å². The zero-order valence-electron chi connectivity index (χ0n) is 6.75. The molecule has 1 aromatic heterocycles. The SMILES string of the molecule is Cc1cc(C(F)(F)F)c(C(F)(F)F)s1. The van der Waals surface area contributed by atoms with Gasteiger partial charge in [-0.2, -0.15) is 26.3 Å². The fourth-order valence-electron chi connectivity index (χ4n) is 0.935. The highest BCUT2D eigenvalue weighted by atomic mass is 32.1. The highest BCUT2D eigenvalue weighted by molar-refractivity contribution is 7.12. The molecule has 0 atom stereocenters. The zero-order valence-corrected chi connectivity index (χ0v) is 7.57. The van der Waals surface area contributed by atoms with Crippen molar-refractivity contribution >= 4 is 11.3 Å². The molecule has 0 bridgehead atoms. The van der Waals surface area contributed by atoms with Crippen LogP contribution in [-0.4, -0.2) is 0 Å². The molecule has 1 rings (SSSR count). The van der Waals surface area contributed by atoms with E-state index in [0.29, 0.717) is 6.07 Å². The molecule has 0 amide bonds. The zero-order chi connectivity index (χ0) is 11.1. The van der Waals surface area contributed by atoms with E-state index >= 15 is 0 Å². The Morgan fingerprint density at radius 2 is 1.50 bits per heavy atom. The minimum Gasteiger partial charge on any atom is -0.166 e. The third-order valence-electron chi connectivity index (χ3n) is 1.42. The highest BCUT2D eigenvalue weighted by Crippen LogP contribution is 2.44. The van der Waals surface area contributed by atoms with Gasteiger partial charge in [0.25, 0.3) is 0 Å². The molecule has 0 aromatic carbocycles. The molecule has 1 aromatic rings. The van der Waals surface area contributed by atoms with Crippen LogP contribution in [-0.2, 0) is 12.4 Å². The molecule has 0 aliphatic rings. The fraction of sp³-hybridized carbons (Fsp3) is 0.429. The lowest BCUT2D eigenvalue weighted by Gasteiger charge is -2.09. The van der Waals surface area contributed by atoms with Crippen LogP contribution in [0.4, 0.5) is 26.3 Å². The Morgan fingerprint density at radius 3 is 1.79 bits per heavy atom. The third-order valence-corrected chi connectivity index (χ3v) is 2.51. The van der Waals surface area contributed by atoms with Crippen LogP contribution in [0.2, 0.25) is 0 Å². The number of thiophene rings is 1. The first-order valence-electron chi connectivity index (χ1n) is 3.37. The lowest BCUT2D eigenvalue weighted by atomic mass is 10.2. The molecule has 0 saturated carbocycles. The molecule has 0 spiro atoms. The maximum absolute atomic E-state index is 12.1. The summed E-state index contributed by atoms with van der Waals surface area (Å²) in [4.78, 5) is -1.59. The van der Waals surface area contributed by atoms with Gasteiger partial charge < -0.3 is 0 Å². The number of halogens is 6. The molecule has 0 unspecified atom stereocenters.